The molecule has 2 heterocycles. The standard InChI is InChI=1S/C20H25ClN4/c21-20-13-18(7-8-22-20)23-14-16-3-5-19(6-4-16)25-11-9-24(10-12-25)15-17-1-2-17/h3-8,13,17H,1-2,9-12,14-15H2,(H,22,23). The zero-order chi connectivity index (χ0) is 17.1. The van der Waals surface area contributed by atoms with Crippen LogP contribution in [0.1, 0.15) is 18.4 Å². The average Bonchev–Trinajstić information content (AvgIpc) is 3.45. The highest BCUT2D eigenvalue weighted by molar-refractivity contribution is 6.29. The molecule has 0 spiro atoms. The number of piperazine rings is 1. The van der Waals surface area contributed by atoms with Crippen molar-refractivity contribution < 1.29 is 0 Å². The molecule has 1 aromatic heterocycles. The molecule has 1 saturated heterocycles. The second-order valence-corrected chi connectivity index (χ2v) is 7.51. The second kappa shape index (κ2) is 7.63. The monoisotopic (exact) mass is 356 g/mol. The number of hydrogen-bond acceptors (Lipinski definition) is 4. The fourth-order valence-electron chi connectivity index (χ4n) is 3.40. The van der Waals surface area contributed by atoms with Crippen LogP contribution in [0.3, 0.4) is 0 Å². The number of anilines is 2. The van der Waals surface area contributed by atoms with Crippen molar-refractivity contribution in [3.8, 4) is 0 Å². The molecule has 0 unspecified atom stereocenters. The fourth-order valence-corrected chi connectivity index (χ4v) is 3.57. The summed E-state index contributed by atoms with van der Waals surface area (Å²) in [7, 11) is 0. The Morgan fingerprint density at radius 1 is 1.04 bits per heavy atom. The molecule has 0 atom stereocenters. The highest BCUT2D eigenvalue weighted by atomic mass is 35.5. The summed E-state index contributed by atoms with van der Waals surface area (Å²) in [5.74, 6) is 0.994. The average molecular weight is 357 g/mol. The van der Waals surface area contributed by atoms with Gasteiger partial charge in [0.15, 0.2) is 0 Å². The maximum absolute atomic E-state index is 5.91. The van der Waals surface area contributed by atoms with E-state index in [1.54, 1.807) is 6.20 Å². The first kappa shape index (κ1) is 16.7. The minimum absolute atomic E-state index is 0.515. The Hall–Kier alpha value is -1.78. The van der Waals surface area contributed by atoms with Gasteiger partial charge in [-0.15, -0.1) is 0 Å². The normalized spacial score (nSPS) is 18.4. The van der Waals surface area contributed by atoms with Crippen LogP contribution in [0.5, 0.6) is 0 Å². The molecule has 2 aliphatic rings. The fraction of sp³-hybridized carbons (Fsp3) is 0.450. The van der Waals surface area contributed by atoms with E-state index in [4.69, 9.17) is 11.6 Å². The molecule has 1 N–H and O–H groups in total. The van der Waals surface area contributed by atoms with Gasteiger partial charge in [0, 0.05) is 56.8 Å². The van der Waals surface area contributed by atoms with Crippen LogP contribution in [-0.4, -0.2) is 42.6 Å². The number of pyridine rings is 1. The van der Waals surface area contributed by atoms with Crippen molar-refractivity contribution in [2.45, 2.75) is 19.4 Å². The summed E-state index contributed by atoms with van der Waals surface area (Å²) in [6.45, 7) is 6.78. The Balaban J connectivity index is 1.28. The lowest BCUT2D eigenvalue weighted by molar-refractivity contribution is 0.248. The minimum Gasteiger partial charge on any atom is -0.381 e. The summed E-state index contributed by atoms with van der Waals surface area (Å²) in [5, 5.41) is 3.90. The van der Waals surface area contributed by atoms with Crippen LogP contribution in [0.2, 0.25) is 5.15 Å². The number of hydrogen-bond donors (Lipinski definition) is 1. The van der Waals surface area contributed by atoms with Gasteiger partial charge in [0.25, 0.3) is 0 Å². The van der Waals surface area contributed by atoms with Gasteiger partial charge in [-0.2, -0.15) is 0 Å². The topological polar surface area (TPSA) is 31.4 Å². The van der Waals surface area contributed by atoms with E-state index >= 15 is 0 Å². The number of halogens is 1. The van der Waals surface area contributed by atoms with Crippen molar-refractivity contribution in [1.29, 1.82) is 0 Å². The van der Waals surface area contributed by atoms with Crippen molar-refractivity contribution in [1.82, 2.24) is 9.88 Å². The second-order valence-electron chi connectivity index (χ2n) is 7.12. The molecule has 25 heavy (non-hydrogen) atoms. The van der Waals surface area contributed by atoms with E-state index in [0.717, 1.165) is 31.2 Å². The molecule has 2 aromatic rings. The Labute approximate surface area is 154 Å². The van der Waals surface area contributed by atoms with Crippen LogP contribution in [0.25, 0.3) is 0 Å². The molecular formula is C20H25ClN4. The van der Waals surface area contributed by atoms with Crippen molar-refractivity contribution >= 4 is 23.0 Å². The molecular weight excluding hydrogens is 332 g/mol. The lowest BCUT2D eigenvalue weighted by Gasteiger charge is -2.36. The first-order valence-electron chi connectivity index (χ1n) is 9.18. The van der Waals surface area contributed by atoms with E-state index in [-0.39, 0.29) is 0 Å². The molecule has 0 amide bonds. The summed E-state index contributed by atoms with van der Waals surface area (Å²) in [4.78, 5) is 9.13. The van der Waals surface area contributed by atoms with Gasteiger partial charge in [0.05, 0.1) is 0 Å². The van der Waals surface area contributed by atoms with Crippen molar-refractivity contribution in [2.75, 3.05) is 42.9 Å². The first-order chi connectivity index (χ1) is 12.3. The molecule has 1 aromatic carbocycles. The minimum atomic E-state index is 0.515. The van der Waals surface area contributed by atoms with E-state index in [1.807, 2.05) is 12.1 Å². The summed E-state index contributed by atoms with van der Waals surface area (Å²) < 4.78 is 0. The third kappa shape index (κ3) is 4.65. The largest absolute Gasteiger partial charge is 0.381 e. The number of nitrogens with zero attached hydrogens (tertiary/aromatic N) is 3. The molecule has 0 bridgehead atoms. The molecule has 0 radical (unpaired) electrons. The Morgan fingerprint density at radius 2 is 1.80 bits per heavy atom. The molecule has 4 nitrogen and oxygen atoms in total. The third-order valence-electron chi connectivity index (χ3n) is 5.11. The third-order valence-corrected chi connectivity index (χ3v) is 5.32. The quantitative estimate of drug-likeness (QED) is 0.796. The highest BCUT2D eigenvalue weighted by Gasteiger charge is 2.26. The lowest BCUT2D eigenvalue weighted by atomic mass is 10.1. The summed E-state index contributed by atoms with van der Waals surface area (Å²) >= 11 is 5.91. The molecule has 1 saturated carbocycles. The Kier molecular flexibility index (Phi) is 5.09. The molecule has 132 valence electrons. The summed E-state index contributed by atoms with van der Waals surface area (Å²) in [6, 6.07) is 12.7. The first-order valence-corrected chi connectivity index (χ1v) is 9.56. The van der Waals surface area contributed by atoms with Crippen LogP contribution in [0.15, 0.2) is 42.6 Å². The number of aromatic nitrogens is 1. The van der Waals surface area contributed by atoms with Gasteiger partial charge < -0.3 is 10.2 Å². The zero-order valence-corrected chi connectivity index (χ0v) is 15.3. The van der Waals surface area contributed by atoms with Crippen molar-refractivity contribution in [3.05, 3.63) is 53.3 Å². The van der Waals surface area contributed by atoms with E-state index in [9.17, 15) is 0 Å². The van der Waals surface area contributed by atoms with Crippen LogP contribution in [0.4, 0.5) is 11.4 Å². The molecule has 4 rings (SSSR count). The smallest absolute Gasteiger partial charge is 0.131 e. The Morgan fingerprint density at radius 3 is 2.48 bits per heavy atom. The number of benzene rings is 1. The van der Waals surface area contributed by atoms with Gasteiger partial charge >= 0.3 is 0 Å². The predicted octanol–water partition coefficient (Wildman–Crippen LogP) is 3.88. The van der Waals surface area contributed by atoms with Crippen LogP contribution in [-0.2, 0) is 6.54 Å². The molecule has 1 aliphatic heterocycles. The number of nitrogens with one attached hydrogen (secondary N) is 1. The van der Waals surface area contributed by atoms with Gasteiger partial charge in [-0.05, 0) is 48.6 Å². The van der Waals surface area contributed by atoms with Gasteiger partial charge in [0.1, 0.15) is 5.15 Å². The summed E-state index contributed by atoms with van der Waals surface area (Å²) in [6.07, 6.45) is 4.61. The van der Waals surface area contributed by atoms with Gasteiger partial charge in [0.2, 0.25) is 0 Å². The highest BCUT2D eigenvalue weighted by Crippen LogP contribution is 2.30. The SMILES string of the molecule is Clc1cc(NCc2ccc(N3CCN(CC4CC4)CC3)cc2)ccn1. The van der Waals surface area contributed by atoms with Crippen LogP contribution < -0.4 is 10.2 Å². The van der Waals surface area contributed by atoms with Crippen molar-refractivity contribution in [3.63, 3.8) is 0 Å². The maximum atomic E-state index is 5.91. The molecule has 5 heteroatoms. The van der Waals surface area contributed by atoms with Crippen LogP contribution >= 0.6 is 11.6 Å². The van der Waals surface area contributed by atoms with E-state index in [0.29, 0.717) is 5.15 Å². The molecule has 1 aliphatic carbocycles. The Bertz CT molecular complexity index is 691. The maximum Gasteiger partial charge on any atom is 0.131 e. The van der Waals surface area contributed by atoms with Crippen LogP contribution in [0, 0.1) is 5.92 Å². The zero-order valence-electron chi connectivity index (χ0n) is 14.5. The van der Waals surface area contributed by atoms with E-state index < -0.39 is 0 Å². The lowest BCUT2D eigenvalue weighted by Crippen LogP contribution is -2.47. The van der Waals surface area contributed by atoms with Gasteiger partial charge in [-0.3, -0.25) is 4.90 Å². The van der Waals surface area contributed by atoms with Crippen molar-refractivity contribution in [2.24, 2.45) is 5.92 Å². The van der Waals surface area contributed by atoms with E-state index in [2.05, 4.69) is 44.4 Å². The van der Waals surface area contributed by atoms with E-state index in [1.165, 1.54) is 43.7 Å². The molecule has 2 fully saturated rings. The van der Waals surface area contributed by atoms with Gasteiger partial charge in [-0.25, -0.2) is 4.98 Å². The van der Waals surface area contributed by atoms with Gasteiger partial charge in [-0.1, -0.05) is 23.7 Å². The predicted molar refractivity (Wildman–Crippen MR) is 104 cm³/mol. The summed E-state index contributed by atoms with van der Waals surface area (Å²) in [5.41, 5.74) is 3.60. The number of rotatable bonds is 6.